The van der Waals surface area contributed by atoms with Crippen molar-refractivity contribution >= 4 is 15.9 Å². The first-order valence-corrected chi connectivity index (χ1v) is 6.64. The van der Waals surface area contributed by atoms with Gasteiger partial charge in [0.1, 0.15) is 0 Å². The number of benzene rings is 1. The average Bonchev–Trinajstić information content (AvgIpc) is 2.99. The minimum atomic E-state index is -3.29. The summed E-state index contributed by atoms with van der Waals surface area (Å²) in [5.41, 5.74) is 2.87. The molecule has 0 atom stereocenters. The van der Waals surface area contributed by atoms with Crippen LogP contribution in [-0.2, 0) is 10.2 Å². The van der Waals surface area contributed by atoms with Crippen LogP contribution in [0.15, 0.2) is 18.2 Å². The molecule has 0 spiro atoms. The van der Waals surface area contributed by atoms with Crippen LogP contribution in [0.4, 0.5) is 5.69 Å². The van der Waals surface area contributed by atoms with Gasteiger partial charge in [0.05, 0.1) is 5.69 Å². The number of hydrogen-bond acceptors (Lipinski definition) is 2. The summed E-state index contributed by atoms with van der Waals surface area (Å²) in [5.74, 6) is 0. The lowest BCUT2D eigenvalue weighted by molar-refractivity contribution is 0.561. The van der Waals surface area contributed by atoms with Crippen LogP contribution in [0, 0.1) is 13.8 Å². The maximum Gasteiger partial charge on any atom is 0.303 e. The van der Waals surface area contributed by atoms with Crippen LogP contribution in [0.25, 0.3) is 0 Å². The number of hydrogen-bond donors (Lipinski definition) is 0. The summed E-state index contributed by atoms with van der Waals surface area (Å²) >= 11 is 0. The van der Waals surface area contributed by atoms with Crippen LogP contribution in [-0.4, -0.2) is 32.9 Å². The molecule has 0 radical (unpaired) electrons. The standard InChI is InChI=1S/C11H16N2O2S/c1-9-4-5-11(10(2)8-9)12(3)16(14,15)13-6-7-13/h4-5,8H,6-7H2,1-3H3. The van der Waals surface area contributed by atoms with Gasteiger partial charge in [0.25, 0.3) is 0 Å². The Hall–Kier alpha value is -1.07. The van der Waals surface area contributed by atoms with E-state index in [-0.39, 0.29) is 0 Å². The first-order chi connectivity index (χ1) is 7.43. The molecule has 0 bridgehead atoms. The second-order valence-corrected chi connectivity index (χ2v) is 6.12. The van der Waals surface area contributed by atoms with Crippen molar-refractivity contribution < 1.29 is 8.42 Å². The van der Waals surface area contributed by atoms with Crippen LogP contribution in [0.3, 0.4) is 0 Å². The van der Waals surface area contributed by atoms with Crippen molar-refractivity contribution in [2.24, 2.45) is 0 Å². The van der Waals surface area contributed by atoms with Gasteiger partial charge in [-0.05, 0) is 25.5 Å². The molecule has 0 N–H and O–H groups in total. The highest BCUT2D eigenvalue weighted by molar-refractivity contribution is 7.90. The summed E-state index contributed by atoms with van der Waals surface area (Å²) in [6.07, 6.45) is 0. The van der Waals surface area contributed by atoms with Crippen LogP contribution < -0.4 is 4.31 Å². The van der Waals surface area contributed by atoms with E-state index in [0.29, 0.717) is 13.1 Å². The van der Waals surface area contributed by atoms with Crippen molar-refractivity contribution in [1.29, 1.82) is 0 Å². The fraction of sp³-hybridized carbons (Fsp3) is 0.455. The Balaban J connectivity index is 2.37. The number of rotatable bonds is 3. The summed E-state index contributed by atoms with van der Waals surface area (Å²) in [6.45, 7) is 5.20. The van der Waals surface area contributed by atoms with E-state index in [9.17, 15) is 8.42 Å². The maximum absolute atomic E-state index is 12.0. The minimum Gasteiger partial charge on any atom is -0.260 e. The molecule has 5 heteroatoms. The van der Waals surface area contributed by atoms with Crippen LogP contribution in [0.1, 0.15) is 11.1 Å². The highest BCUT2D eigenvalue weighted by atomic mass is 32.2. The summed E-state index contributed by atoms with van der Waals surface area (Å²) in [7, 11) is -1.69. The molecule has 0 aliphatic carbocycles. The molecule has 1 heterocycles. The highest BCUT2D eigenvalue weighted by Crippen LogP contribution is 2.26. The lowest BCUT2D eigenvalue weighted by atomic mass is 10.1. The lowest BCUT2D eigenvalue weighted by Gasteiger charge is -2.21. The van der Waals surface area contributed by atoms with Crippen LogP contribution in [0.2, 0.25) is 0 Å². The van der Waals surface area contributed by atoms with E-state index < -0.39 is 10.2 Å². The first kappa shape index (κ1) is 11.4. The topological polar surface area (TPSA) is 40.4 Å². The van der Waals surface area contributed by atoms with E-state index in [0.717, 1.165) is 16.8 Å². The number of aryl methyl sites for hydroxylation is 2. The number of nitrogens with zero attached hydrogens (tertiary/aromatic N) is 2. The molecule has 0 aromatic heterocycles. The third-order valence-electron chi connectivity index (χ3n) is 2.77. The molecule has 88 valence electrons. The quantitative estimate of drug-likeness (QED) is 0.747. The molecule has 1 fully saturated rings. The van der Waals surface area contributed by atoms with Gasteiger partial charge in [0, 0.05) is 20.1 Å². The fourth-order valence-corrected chi connectivity index (χ4v) is 3.07. The monoisotopic (exact) mass is 240 g/mol. The Morgan fingerprint density at radius 3 is 2.38 bits per heavy atom. The largest absolute Gasteiger partial charge is 0.303 e. The third-order valence-corrected chi connectivity index (χ3v) is 4.68. The molecule has 2 rings (SSSR count). The maximum atomic E-state index is 12.0. The van der Waals surface area contributed by atoms with E-state index in [2.05, 4.69) is 0 Å². The van der Waals surface area contributed by atoms with Crippen molar-refractivity contribution in [2.45, 2.75) is 13.8 Å². The van der Waals surface area contributed by atoms with E-state index in [1.165, 1.54) is 8.61 Å². The van der Waals surface area contributed by atoms with Gasteiger partial charge in [-0.25, -0.2) is 0 Å². The van der Waals surface area contributed by atoms with Gasteiger partial charge in [-0.15, -0.1) is 0 Å². The van der Waals surface area contributed by atoms with E-state index in [1.807, 2.05) is 32.0 Å². The Morgan fingerprint density at radius 1 is 1.25 bits per heavy atom. The minimum absolute atomic E-state index is 0.636. The Labute approximate surface area is 96.7 Å². The third kappa shape index (κ3) is 1.92. The molecule has 1 aromatic carbocycles. The van der Waals surface area contributed by atoms with Gasteiger partial charge in [-0.2, -0.15) is 12.7 Å². The van der Waals surface area contributed by atoms with Gasteiger partial charge in [0.2, 0.25) is 0 Å². The molecule has 0 amide bonds. The molecule has 4 nitrogen and oxygen atoms in total. The zero-order chi connectivity index (χ0) is 11.9. The lowest BCUT2D eigenvalue weighted by Crippen LogP contribution is -2.32. The highest BCUT2D eigenvalue weighted by Gasteiger charge is 2.35. The van der Waals surface area contributed by atoms with Gasteiger partial charge >= 0.3 is 10.2 Å². The Morgan fingerprint density at radius 2 is 1.88 bits per heavy atom. The molecule has 1 aliphatic rings. The summed E-state index contributed by atoms with van der Waals surface area (Å²) in [4.78, 5) is 0. The zero-order valence-electron chi connectivity index (χ0n) is 9.77. The first-order valence-electron chi connectivity index (χ1n) is 5.24. The second kappa shape index (κ2) is 3.75. The average molecular weight is 240 g/mol. The summed E-state index contributed by atoms with van der Waals surface area (Å²) in [6, 6.07) is 5.77. The molecule has 16 heavy (non-hydrogen) atoms. The molecule has 1 aromatic rings. The van der Waals surface area contributed by atoms with Crippen LogP contribution >= 0.6 is 0 Å². The van der Waals surface area contributed by atoms with Crippen molar-refractivity contribution in [2.75, 3.05) is 24.4 Å². The van der Waals surface area contributed by atoms with Crippen molar-refractivity contribution in [3.63, 3.8) is 0 Å². The predicted molar refractivity (Wildman–Crippen MR) is 64.8 cm³/mol. The van der Waals surface area contributed by atoms with E-state index in [4.69, 9.17) is 0 Å². The fourth-order valence-electron chi connectivity index (χ4n) is 1.73. The Kier molecular flexibility index (Phi) is 2.67. The summed E-state index contributed by atoms with van der Waals surface area (Å²) < 4.78 is 26.8. The normalized spacial score (nSPS) is 16.2. The predicted octanol–water partition coefficient (Wildman–Crippen LogP) is 1.30. The zero-order valence-corrected chi connectivity index (χ0v) is 10.6. The van der Waals surface area contributed by atoms with E-state index >= 15 is 0 Å². The van der Waals surface area contributed by atoms with E-state index in [1.54, 1.807) is 7.05 Å². The summed E-state index contributed by atoms with van der Waals surface area (Å²) in [5, 5.41) is 0. The SMILES string of the molecule is Cc1ccc(N(C)S(=O)(=O)N2CC2)c(C)c1. The second-order valence-electron chi connectivity index (χ2n) is 4.16. The smallest absolute Gasteiger partial charge is 0.260 e. The molecule has 0 unspecified atom stereocenters. The van der Waals surface area contributed by atoms with Crippen molar-refractivity contribution in [3.8, 4) is 0 Å². The van der Waals surface area contributed by atoms with Gasteiger partial charge in [-0.3, -0.25) is 4.31 Å². The van der Waals surface area contributed by atoms with Crippen molar-refractivity contribution in [1.82, 2.24) is 4.31 Å². The van der Waals surface area contributed by atoms with Gasteiger partial charge < -0.3 is 0 Å². The van der Waals surface area contributed by atoms with Crippen LogP contribution in [0.5, 0.6) is 0 Å². The molecule has 0 saturated carbocycles. The molecular formula is C11H16N2O2S. The molecule has 1 aliphatic heterocycles. The van der Waals surface area contributed by atoms with Gasteiger partial charge in [-0.1, -0.05) is 17.7 Å². The Bertz CT molecular complexity index is 507. The van der Waals surface area contributed by atoms with Gasteiger partial charge in [0.15, 0.2) is 0 Å². The van der Waals surface area contributed by atoms with Crippen molar-refractivity contribution in [3.05, 3.63) is 29.3 Å². The molecular weight excluding hydrogens is 224 g/mol. The molecule has 1 saturated heterocycles. The number of anilines is 1.